The first kappa shape index (κ1) is 10.2. The van der Waals surface area contributed by atoms with Gasteiger partial charge in [0.25, 0.3) is 0 Å². The molecule has 0 spiro atoms. The van der Waals surface area contributed by atoms with Crippen LogP contribution in [-0.2, 0) is 13.0 Å². The molecule has 80 valence electrons. The molecule has 0 bridgehead atoms. The number of nitrogens with zero attached hydrogens (tertiary/aromatic N) is 1. The van der Waals surface area contributed by atoms with Gasteiger partial charge in [-0.25, -0.2) is 0 Å². The van der Waals surface area contributed by atoms with Gasteiger partial charge in [0, 0.05) is 24.9 Å². The van der Waals surface area contributed by atoms with Crippen LogP contribution in [0, 0.1) is 0 Å². The van der Waals surface area contributed by atoms with E-state index in [2.05, 4.69) is 42.0 Å². The van der Waals surface area contributed by atoms with Crippen LogP contribution in [0.25, 0.3) is 10.9 Å². The molecule has 0 saturated heterocycles. The number of benzene rings is 1. The Balaban J connectivity index is 2.42. The number of aliphatic hydroxyl groups excluding tert-OH is 1. The summed E-state index contributed by atoms with van der Waals surface area (Å²) in [5.41, 5.74) is 2.49. The fraction of sp³-hybridized carbons (Fsp3) is 0.385. The Morgan fingerprint density at radius 1 is 1.27 bits per heavy atom. The van der Waals surface area contributed by atoms with E-state index < -0.39 is 0 Å². The van der Waals surface area contributed by atoms with Crippen LogP contribution >= 0.6 is 0 Å². The average Bonchev–Trinajstić information content (AvgIpc) is 2.63. The summed E-state index contributed by atoms with van der Waals surface area (Å²) in [6.45, 7) is 3.47. The van der Waals surface area contributed by atoms with Crippen molar-refractivity contribution < 1.29 is 5.11 Å². The van der Waals surface area contributed by atoms with Crippen molar-refractivity contribution in [1.82, 2.24) is 4.57 Å². The monoisotopic (exact) mass is 203 g/mol. The van der Waals surface area contributed by atoms with Gasteiger partial charge in [-0.05, 0) is 35.9 Å². The Morgan fingerprint density at radius 2 is 2.13 bits per heavy atom. The van der Waals surface area contributed by atoms with E-state index in [0.29, 0.717) is 0 Å². The van der Waals surface area contributed by atoms with Crippen LogP contribution in [0.2, 0.25) is 0 Å². The van der Waals surface area contributed by atoms with Gasteiger partial charge in [-0.15, -0.1) is 0 Å². The molecule has 15 heavy (non-hydrogen) atoms. The lowest BCUT2D eigenvalue weighted by Gasteiger charge is -2.04. The van der Waals surface area contributed by atoms with Crippen molar-refractivity contribution >= 4 is 10.9 Å². The quantitative estimate of drug-likeness (QED) is 0.811. The molecule has 1 N–H and O–H groups in total. The smallest absolute Gasteiger partial charge is 0.0483 e. The highest BCUT2D eigenvalue weighted by atomic mass is 16.2. The standard InChI is InChI=1S/C13H17NO/c1-2-7-14-8-5-12-4-3-11(6-9-15)10-13(12)14/h3-5,8,10,15H,2,6-7,9H2,1H3. The lowest BCUT2D eigenvalue weighted by atomic mass is 10.1. The first-order valence-corrected chi connectivity index (χ1v) is 5.53. The van der Waals surface area contributed by atoms with Gasteiger partial charge in [0.2, 0.25) is 0 Å². The highest BCUT2D eigenvalue weighted by Crippen LogP contribution is 2.18. The van der Waals surface area contributed by atoms with Gasteiger partial charge in [-0.3, -0.25) is 0 Å². The van der Waals surface area contributed by atoms with E-state index in [0.717, 1.165) is 19.4 Å². The van der Waals surface area contributed by atoms with E-state index in [1.54, 1.807) is 0 Å². The molecule has 0 atom stereocenters. The maximum absolute atomic E-state index is 8.91. The number of aromatic nitrogens is 1. The molecule has 1 heterocycles. The minimum absolute atomic E-state index is 0.222. The first-order chi connectivity index (χ1) is 7.35. The van der Waals surface area contributed by atoms with Crippen molar-refractivity contribution in [3.63, 3.8) is 0 Å². The van der Waals surface area contributed by atoms with Crippen LogP contribution in [0.5, 0.6) is 0 Å². The molecule has 2 nitrogen and oxygen atoms in total. The number of rotatable bonds is 4. The zero-order chi connectivity index (χ0) is 10.7. The second-order valence-electron chi connectivity index (χ2n) is 3.88. The van der Waals surface area contributed by atoms with Gasteiger partial charge >= 0.3 is 0 Å². The van der Waals surface area contributed by atoms with Gasteiger partial charge in [0.15, 0.2) is 0 Å². The van der Waals surface area contributed by atoms with Crippen LogP contribution in [0.1, 0.15) is 18.9 Å². The zero-order valence-electron chi connectivity index (χ0n) is 9.11. The number of aryl methyl sites for hydroxylation is 1. The molecule has 2 aromatic rings. The molecule has 0 aliphatic rings. The van der Waals surface area contributed by atoms with E-state index in [-0.39, 0.29) is 6.61 Å². The largest absolute Gasteiger partial charge is 0.396 e. The number of hydrogen-bond donors (Lipinski definition) is 1. The van der Waals surface area contributed by atoms with Crippen molar-refractivity contribution in [2.45, 2.75) is 26.3 Å². The highest BCUT2D eigenvalue weighted by Gasteiger charge is 2.01. The van der Waals surface area contributed by atoms with Crippen molar-refractivity contribution in [1.29, 1.82) is 0 Å². The van der Waals surface area contributed by atoms with Gasteiger partial charge in [0.05, 0.1) is 0 Å². The summed E-state index contributed by atoms with van der Waals surface area (Å²) in [7, 11) is 0. The Bertz CT molecular complexity index is 445. The van der Waals surface area contributed by atoms with Crippen molar-refractivity contribution in [2.75, 3.05) is 6.61 Å². The van der Waals surface area contributed by atoms with Crippen LogP contribution in [-0.4, -0.2) is 16.3 Å². The van der Waals surface area contributed by atoms with E-state index in [4.69, 9.17) is 5.11 Å². The average molecular weight is 203 g/mol. The minimum atomic E-state index is 0.222. The minimum Gasteiger partial charge on any atom is -0.396 e. The molecule has 0 amide bonds. The summed E-state index contributed by atoms with van der Waals surface area (Å²) in [5, 5.41) is 10.2. The Kier molecular flexibility index (Phi) is 3.07. The third kappa shape index (κ3) is 2.05. The number of fused-ring (bicyclic) bond motifs is 1. The molecule has 2 rings (SSSR count). The molecule has 0 aliphatic heterocycles. The SMILES string of the molecule is CCCn1ccc2ccc(CCO)cc21. The lowest BCUT2D eigenvalue weighted by molar-refractivity contribution is 0.299. The Morgan fingerprint density at radius 3 is 2.87 bits per heavy atom. The molecule has 2 heteroatoms. The lowest BCUT2D eigenvalue weighted by Crippen LogP contribution is -1.95. The first-order valence-electron chi connectivity index (χ1n) is 5.53. The Labute approximate surface area is 90.2 Å². The van der Waals surface area contributed by atoms with E-state index in [1.165, 1.54) is 16.5 Å². The summed E-state index contributed by atoms with van der Waals surface area (Å²) in [6, 6.07) is 8.55. The second-order valence-corrected chi connectivity index (χ2v) is 3.88. The predicted molar refractivity (Wildman–Crippen MR) is 63.0 cm³/mol. The highest BCUT2D eigenvalue weighted by molar-refractivity contribution is 5.80. The van der Waals surface area contributed by atoms with Crippen LogP contribution in [0.3, 0.4) is 0 Å². The summed E-state index contributed by atoms with van der Waals surface area (Å²) in [5.74, 6) is 0. The molecule has 1 aromatic carbocycles. The van der Waals surface area contributed by atoms with Crippen molar-refractivity contribution in [2.24, 2.45) is 0 Å². The number of aliphatic hydroxyl groups is 1. The predicted octanol–water partition coefficient (Wildman–Crippen LogP) is 2.59. The fourth-order valence-corrected chi connectivity index (χ4v) is 1.95. The maximum atomic E-state index is 8.91. The molecule has 0 radical (unpaired) electrons. The molecule has 0 unspecified atom stereocenters. The van der Waals surface area contributed by atoms with Crippen LogP contribution < -0.4 is 0 Å². The van der Waals surface area contributed by atoms with Crippen molar-refractivity contribution in [3.05, 3.63) is 36.0 Å². The van der Waals surface area contributed by atoms with Crippen molar-refractivity contribution in [3.8, 4) is 0 Å². The molecule has 0 aliphatic carbocycles. The maximum Gasteiger partial charge on any atom is 0.0483 e. The molecule has 1 aromatic heterocycles. The van der Waals surface area contributed by atoms with Gasteiger partial charge in [-0.1, -0.05) is 19.1 Å². The van der Waals surface area contributed by atoms with Crippen LogP contribution in [0.4, 0.5) is 0 Å². The van der Waals surface area contributed by atoms with E-state index in [9.17, 15) is 0 Å². The molecule has 0 saturated carbocycles. The molecular weight excluding hydrogens is 186 g/mol. The third-order valence-electron chi connectivity index (χ3n) is 2.70. The normalized spacial score (nSPS) is 11.1. The van der Waals surface area contributed by atoms with Crippen LogP contribution in [0.15, 0.2) is 30.5 Å². The molecule has 0 fully saturated rings. The van der Waals surface area contributed by atoms with Gasteiger partial charge < -0.3 is 9.67 Å². The summed E-state index contributed by atoms with van der Waals surface area (Å²) < 4.78 is 2.27. The second kappa shape index (κ2) is 4.49. The summed E-state index contributed by atoms with van der Waals surface area (Å²) in [4.78, 5) is 0. The van der Waals surface area contributed by atoms with E-state index in [1.807, 2.05) is 0 Å². The van der Waals surface area contributed by atoms with E-state index >= 15 is 0 Å². The summed E-state index contributed by atoms with van der Waals surface area (Å²) >= 11 is 0. The Hall–Kier alpha value is -1.28. The fourth-order valence-electron chi connectivity index (χ4n) is 1.95. The third-order valence-corrected chi connectivity index (χ3v) is 2.70. The zero-order valence-corrected chi connectivity index (χ0v) is 9.11. The molecular formula is C13H17NO. The van der Waals surface area contributed by atoms with Gasteiger partial charge in [0.1, 0.15) is 0 Å². The van der Waals surface area contributed by atoms with Gasteiger partial charge in [-0.2, -0.15) is 0 Å². The topological polar surface area (TPSA) is 25.2 Å². The number of hydrogen-bond acceptors (Lipinski definition) is 1. The summed E-state index contributed by atoms with van der Waals surface area (Å²) in [6.07, 6.45) is 4.03.